The van der Waals surface area contributed by atoms with E-state index in [-0.39, 0.29) is 16.9 Å². The van der Waals surface area contributed by atoms with Crippen molar-refractivity contribution in [2.75, 3.05) is 7.05 Å². The lowest BCUT2D eigenvalue weighted by Gasteiger charge is -2.21. The third kappa shape index (κ3) is 4.02. The molecule has 0 unspecified atom stereocenters. The molecule has 0 radical (unpaired) electrons. The summed E-state index contributed by atoms with van der Waals surface area (Å²) in [5.74, 6) is 0. The van der Waals surface area contributed by atoms with E-state index in [9.17, 15) is 8.42 Å². The second-order valence-corrected chi connectivity index (χ2v) is 8.89. The molecule has 0 aliphatic carbocycles. The Morgan fingerprint density at radius 3 is 2.25 bits per heavy atom. The van der Waals surface area contributed by atoms with Crippen molar-refractivity contribution in [2.45, 2.75) is 37.6 Å². The van der Waals surface area contributed by atoms with Gasteiger partial charge in [0.15, 0.2) is 0 Å². The quantitative estimate of drug-likeness (QED) is 0.851. The fourth-order valence-electron chi connectivity index (χ4n) is 2.39. The van der Waals surface area contributed by atoms with E-state index in [0.717, 1.165) is 11.1 Å². The Hall–Kier alpha value is -2.16. The van der Waals surface area contributed by atoms with Gasteiger partial charge >= 0.3 is 0 Å². The fourth-order valence-corrected chi connectivity index (χ4v) is 3.55. The summed E-state index contributed by atoms with van der Waals surface area (Å²) in [5, 5.41) is 8.94. The van der Waals surface area contributed by atoms with Crippen molar-refractivity contribution in [3.05, 3.63) is 65.2 Å². The molecule has 24 heavy (non-hydrogen) atoms. The zero-order valence-electron chi connectivity index (χ0n) is 14.4. The van der Waals surface area contributed by atoms with Crippen LogP contribution in [0.3, 0.4) is 0 Å². The molecule has 126 valence electrons. The smallest absolute Gasteiger partial charge is 0.207 e. The van der Waals surface area contributed by atoms with Crippen LogP contribution in [0.1, 0.15) is 37.5 Å². The average Bonchev–Trinajstić information content (AvgIpc) is 2.54. The van der Waals surface area contributed by atoms with Crippen LogP contribution in [0, 0.1) is 11.3 Å². The zero-order valence-corrected chi connectivity index (χ0v) is 15.3. The molecule has 2 aromatic carbocycles. The van der Waals surface area contributed by atoms with Gasteiger partial charge < -0.3 is 0 Å². The topological polar surface area (TPSA) is 61.2 Å². The molecule has 0 fully saturated rings. The van der Waals surface area contributed by atoms with Crippen LogP contribution in [0.4, 0.5) is 0 Å². The highest BCUT2D eigenvalue weighted by atomic mass is 32.2. The summed E-state index contributed by atoms with van der Waals surface area (Å²) in [5.41, 5.74) is 2.37. The lowest BCUT2D eigenvalue weighted by atomic mass is 9.87. The Balaban J connectivity index is 2.24. The lowest BCUT2D eigenvalue weighted by molar-refractivity contribution is 0.466. The van der Waals surface area contributed by atoms with Gasteiger partial charge in [-0.1, -0.05) is 45.0 Å². The van der Waals surface area contributed by atoms with E-state index in [4.69, 9.17) is 5.26 Å². The van der Waals surface area contributed by atoms with Crippen molar-refractivity contribution < 1.29 is 8.42 Å². The van der Waals surface area contributed by atoms with Crippen molar-refractivity contribution in [1.29, 1.82) is 5.26 Å². The number of benzene rings is 2. The van der Waals surface area contributed by atoms with Crippen LogP contribution < -0.4 is 0 Å². The molecule has 5 heteroatoms. The molecule has 2 aromatic rings. The van der Waals surface area contributed by atoms with E-state index in [0.29, 0.717) is 5.56 Å². The van der Waals surface area contributed by atoms with E-state index >= 15 is 0 Å². The highest BCUT2D eigenvalue weighted by molar-refractivity contribution is 7.89. The molecule has 0 heterocycles. The zero-order chi connectivity index (χ0) is 18.0. The normalized spacial score (nSPS) is 12.2. The number of sulfonamides is 1. The molecular weight excluding hydrogens is 320 g/mol. The second-order valence-electron chi connectivity index (χ2n) is 6.85. The predicted octanol–water partition coefficient (Wildman–Crippen LogP) is 3.68. The second kappa shape index (κ2) is 6.76. The van der Waals surface area contributed by atoms with E-state index in [1.54, 1.807) is 37.4 Å². The highest BCUT2D eigenvalue weighted by Crippen LogP contribution is 2.24. The Kier molecular flexibility index (Phi) is 5.12. The van der Waals surface area contributed by atoms with Crippen LogP contribution >= 0.6 is 0 Å². The fraction of sp³-hybridized carbons (Fsp3) is 0.316. The summed E-state index contributed by atoms with van der Waals surface area (Å²) < 4.78 is 26.7. The standard InChI is InChI=1S/C19H22N2O2S/c1-19(2,3)17-8-10-18(11-9-17)24(22,23)21(4)14-16-7-5-6-15(12-16)13-20/h5-12H,14H2,1-4H3. The number of hydrogen-bond acceptors (Lipinski definition) is 3. The van der Waals surface area contributed by atoms with Gasteiger partial charge in [-0.25, -0.2) is 8.42 Å². The minimum atomic E-state index is -3.57. The number of nitriles is 1. The molecule has 0 N–H and O–H groups in total. The Morgan fingerprint density at radius 2 is 1.71 bits per heavy atom. The number of rotatable bonds is 4. The molecule has 0 aliphatic rings. The maximum atomic E-state index is 12.7. The molecule has 0 aliphatic heterocycles. The van der Waals surface area contributed by atoms with Crippen molar-refractivity contribution in [3.8, 4) is 6.07 Å². The van der Waals surface area contributed by atoms with Crippen molar-refractivity contribution in [3.63, 3.8) is 0 Å². The molecule has 0 spiro atoms. The summed E-state index contributed by atoms with van der Waals surface area (Å²) >= 11 is 0. The van der Waals surface area contributed by atoms with E-state index in [1.807, 2.05) is 18.2 Å². The van der Waals surface area contributed by atoms with Gasteiger partial charge in [0.2, 0.25) is 10.0 Å². The SMILES string of the molecule is CN(Cc1cccc(C#N)c1)S(=O)(=O)c1ccc(C(C)(C)C)cc1. The first kappa shape index (κ1) is 18.2. The summed E-state index contributed by atoms with van der Waals surface area (Å²) in [6.07, 6.45) is 0. The Morgan fingerprint density at radius 1 is 1.08 bits per heavy atom. The molecule has 0 saturated heterocycles. The third-order valence-corrected chi connectivity index (χ3v) is 5.71. The van der Waals surface area contributed by atoms with Crippen LogP contribution in [0.2, 0.25) is 0 Å². The van der Waals surface area contributed by atoms with Crippen LogP contribution in [0.25, 0.3) is 0 Å². The van der Waals surface area contributed by atoms with Crippen LogP contribution in [0.5, 0.6) is 0 Å². The van der Waals surface area contributed by atoms with Crippen LogP contribution in [0.15, 0.2) is 53.4 Å². The summed E-state index contributed by atoms with van der Waals surface area (Å²) in [7, 11) is -2.02. The summed E-state index contributed by atoms with van der Waals surface area (Å²) in [6, 6.07) is 16.1. The molecule has 4 nitrogen and oxygen atoms in total. The third-order valence-electron chi connectivity index (χ3n) is 3.89. The van der Waals surface area contributed by atoms with Crippen molar-refractivity contribution in [1.82, 2.24) is 4.31 Å². The van der Waals surface area contributed by atoms with Crippen LogP contribution in [-0.2, 0) is 22.0 Å². The Bertz CT molecular complexity index is 857. The van der Waals surface area contributed by atoms with E-state index in [1.165, 1.54) is 4.31 Å². The Labute approximate surface area is 144 Å². The average molecular weight is 342 g/mol. The largest absolute Gasteiger partial charge is 0.243 e. The van der Waals surface area contributed by atoms with Gasteiger partial charge in [-0.3, -0.25) is 0 Å². The van der Waals surface area contributed by atoms with Gasteiger partial charge in [0, 0.05) is 13.6 Å². The number of nitrogens with zero attached hydrogens (tertiary/aromatic N) is 2. The van der Waals surface area contributed by atoms with Crippen molar-refractivity contribution >= 4 is 10.0 Å². The first-order valence-corrected chi connectivity index (χ1v) is 9.14. The van der Waals surface area contributed by atoms with Gasteiger partial charge in [0.1, 0.15) is 0 Å². The first-order chi connectivity index (χ1) is 11.1. The molecule has 0 saturated carbocycles. The maximum absolute atomic E-state index is 12.7. The van der Waals surface area contributed by atoms with Gasteiger partial charge in [-0.05, 0) is 40.8 Å². The summed E-state index contributed by atoms with van der Waals surface area (Å²) in [6.45, 7) is 6.49. The lowest BCUT2D eigenvalue weighted by Crippen LogP contribution is -2.26. The molecule has 0 aromatic heterocycles. The maximum Gasteiger partial charge on any atom is 0.243 e. The molecular formula is C19H22N2O2S. The van der Waals surface area contributed by atoms with Gasteiger partial charge in [0.25, 0.3) is 0 Å². The first-order valence-electron chi connectivity index (χ1n) is 7.70. The van der Waals surface area contributed by atoms with Crippen LogP contribution in [-0.4, -0.2) is 19.8 Å². The van der Waals surface area contributed by atoms with Crippen molar-refractivity contribution in [2.24, 2.45) is 0 Å². The minimum absolute atomic E-state index is 0.0219. The van der Waals surface area contributed by atoms with Gasteiger partial charge in [-0.15, -0.1) is 0 Å². The number of hydrogen-bond donors (Lipinski definition) is 0. The van der Waals surface area contributed by atoms with Gasteiger partial charge in [-0.2, -0.15) is 9.57 Å². The van der Waals surface area contributed by atoms with E-state index in [2.05, 4.69) is 26.8 Å². The van der Waals surface area contributed by atoms with E-state index < -0.39 is 10.0 Å². The predicted molar refractivity (Wildman–Crippen MR) is 95.0 cm³/mol. The monoisotopic (exact) mass is 342 g/mol. The minimum Gasteiger partial charge on any atom is -0.207 e. The summed E-state index contributed by atoms with van der Waals surface area (Å²) in [4.78, 5) is 0.273. The molecule has 0 atom stereocenters. The van der Waals surface area contributed by atoms with Gasteiger partial charge in [0.05, 0.1) is 16.5 Å². The molecule has 0 bridgehead atoms. The highest BCUT2D eigenvalue weighted by Gasteiger charge is 2.22. The molecule has 0 amide bonds. The molecule has 2 rings (SSSR count).